The summed E-state index contributed by atoms with van der Waals surface area (Å²) in [5, 5.41) is 26.1. The number of aliphatic hydroxyl groups is 3. The molecule has 0 bridgehead atoms. The Labute approximate surface area is 233 Å². The van der Waals surface area contributed by atoms with Gasteiger partial charge in [0, 0.05) is 6.08 Å². The van der Waals surface area contributed by atoms with E-state index in [1.165, 1.54) is 0 Å². The molecule has 0 radical (unpaired) electrons. The molecular weight excluding hydrogens is 520 g/mol. The zero-order chi connectivity index (χ0) is 29.4. The fourth-order valence-electron chi connectivity index (χ4n) is 2.23. The van der Waals surface area contributed by atoms with Crippen molar-refractivity contribution < 1.29 is 62.7 Å². The fraction of sp³-hybridized carbons (Fsp3) is 0.885. The lowest BCUT2D eigenvalue weighted by Crippen LogP contribution is -2.24. The third-order valence-corrected chi connectivity index (χ3v) is 4.23. The van der Waals surface area contributed by atoms with E-state index in [1.54, 1.807) is 13.8 Å². The van der Waals surface area contributed by atoms with Crippen molar-refractivity contribution in [3.05, 3.63) is 12.7 Å². The second-order valence-electron chi connectivity index (χ2n) is 8.09. The Kier molecular flexibility index (Phi) is 33.7. The van der Waals surface area contributed by atoms with Crippen molar-refractivity contribution in [3.63, 3.8) is 0 Å². The van der Waals surface area contributed by atoms with Crippen LogP contribution in [-0.2, 0) is 47.4 Å². The summed E-state index contributed by atoms with van der Waals surface area (Å²) in [6.45, 7) is 15.1. The number of rotatable bonds is 28. The van der Waals surface area contributed by atoms with Crippen molar-refractivity contribution in [1.82, 2.24) is 0 Å². The maximum atomic E-state index is 10.7. The van der Waals surface area contributed by atoms with Gasteiger partial charge in [0.05, 0.1) is 124 Å². The molecule has 234 valence electrons. The van der Waals surface area contributed by atoms with Gasteiger partial charge >= 0.3 is 5.97 Å². The Bertz CT molecular complexity index is 508. The second-order valence-corrected chi connectivity index (χ2v) is 8.09. The van der Waals surface area contributed by atoms with Crippen LogP contribution in [-0.4, -0.2) is 152 Å². The molecule has 0 amide bonds. The molecule has 0 aliphatic carbocycles. The summed E-state index contributed by atoms with van der Waals surface area (Å²) in [7, 11) is 0. The third kappa shape index (κ3) is 36.8. The lowest BCUT2D eigenvalue weighted by atomic mass is 10.4. The first-order valence-corrected chi connectivity index (χ1v) is 13.3. The number of ether oxygens (including phenoxy) is 9. The van der Waals surface area contributed by atoms with E-state index in [9.17, 15) is 4.79 Å². The van der Waals surface area contributed by atoms with Crippen molar-refractivity contribution in [2.45, 2.75) is 39.1 Å². The van der Waals surface area contributed by atoms with Crippen LogP contribution in [0.4, 0.5) is 0 Å². The van der Waals surface area contributed by atoms with Gasteiger partial charge in [-0.1, -0.05) is 6.58 Å². The van der Waals surface area contributed by atoms with Crippen LogP contribution < -0.4 is 0 Å². The van der Waals surface area contributed by atoms with Gasteiger partial charge in [-0.25, -0.2) is 4.79 Å². The molecule has 0 rings (SSSR count). The standard InChI is InChI=1S/C17H32O9.C9H20O4/c1-2-17(19)26-16-15-25-14-13-24-12-11-23-10-9-22-8-7-21-6-5-20-4-3-18;1-7(11)5-12-9(3)6-13-8(2)4-10/h2,18H,1,3-16H2;7-11H,4-6H2,1-3H3. The highest BCUT2D eigenvalue weighted by molar-refractivity contribution is 5.81. The zero-order valence-electron chi connectivity index (χ0n) is 24.0. The molecule has 0 aromatic carbocycles. The second kappa shape index (κ2) is 33.0. The Hall–Kier alpha value is -1.23. The molecular formula is C26H52O13. The van der Waals surface area contributed by atoms with Crippen LogP contribution in [0, 0.1) is 0 Å². The minimum atomic E-state index is -0.456. The van der Waals surface area contributed by atoms with E-state index >= 15 is 0 Å². The minimum Gasteiger partial charge on any atom is -0.460 e. The summed E-state index contributed by atoms with van der Waals surface area (Å²) >= 11 is 0. The van der Waals surface area contributed by atoms with Crippen LogP contribution in [0.2, 0.25) is 0 Å². The average molecular weight is 573 g/mol. The number of carbonyl (C=O) groups excluding carboxylic acids is 1. The summed E-state index contributed by atoms with van der Waals surface area (Å²) < 4.78 is 46.8. The van der Waals surface area contributed by atoms with E-state index in [0.29, 0.717) is 92.5 Å². The Morgan fingerprint density at radius 1 is 0.641 bits per heavy atom. The van der Waals surface area contributed by atoms with Gasteiger partial charge in [0.15, 0.2) is 0 Å². The first kappa shape index (κ1) is 39.9. The topological polar surface area (TPSA) is 161 Å². The molecule has 3 unspecified atom stereocenters. The van der Waals surface area contributed by atoms with Crippen LogP contribution in [0.1, 0.15) is 20.8 Å². The van der Waals surface area contributed by atoms with Gasteiger partial charge in [-0.2, -0.15) is 0 Å². The SMILES string of the molecule is C=CC(=O)OCCOCCOCCOCCOCCOCCOCCO.CC(O)COC(C)COC(C)CO. The van der Waals surface area contributed by atoms with Crippen LogP contribution >= 0.6 is 0 Å². The average Bonchev–Trinajstić information content (AvgIpc) is 2.93. The van der Waals surface area contributed by atoms with Crippen LogP contribution in [0.15, 0.2) is 12.7 Å². The smallest absolute Gasteiger partial charge is 0.330 e. The number of esters is 1. The molecule has 0 aromatic heterocycles. The Morgan fingerprint density at radius 3 is 1.38 bits per heavy atom. The van der Waals surface area contributed by atoms with E-state index in [-0.39, 0.29) is 32.0 Å². The highest BCUT2D eigenvalue weighted by Gasteiger charge is 2.07. The molecule has 0 fully saturated rings. The largest absolute Gasteiger partial charge is 0.460 e. The van der Waals surface area contributed by atoms with Crippen molar-refractivity contribution in [3.8, 4) is 0 Å². The van der Waals surface area contributed by atoms with Crippen LogP contribution in [0.25, 0.3) is 0 Å². The van der Waals surface area contributed by atoms with Gasteiger partial charge in [-0.05, 0) is 20.8 Å². The summed E-state index contributed by atoms with van der Waals surface area (Å²) in [6.07, 6.45) is 0.457. The lowest BCUT2D eigenvalue weighted by molar-refractivity contribution is -0.139. The summed E-state index contributed by atoms with van der Waals surface area (Å²) in [6, 6.07) is 0. The van der Waals surface area contributed by atoms with Crippen molar-refractivity contribution in [2.75, 3.05) is 112 Å². The number of hydrogen-bond donors (Lipinski definition) is 3. The van der Waals surface area contributed by atoms with Gasteiger partial charge in [-0.15, -0.1) is 0 Å². The van der Waals surface area contributed by atoms with Crippen molar-refractivity contribution in [2.24, 2.45) is 0 Å². The molecule has 3 atom stereocenters. The molecule has 0 saturated heterocycles. The molecule has 0 aliphatic heterocycles. The predicted octanol–water partition coefficient (Wildman–Crippen LogP) is -0.0228. The molecule has 3 N–H and O–H groups in total. The quantitative estimate of drug-likeness (QED) is 0.0652. The van der Waals surface area contributed by atoms with Gasteiger partial charge < -0.3 is 58.0 Å². The van der Waals surface area contributed by atoms with E-state index < -0.39 is 12.1 Å². The molecule has 0 spiro atoms. The molecule has 0 aliphatic rings. The third-order valence-electron chi connectivity index (χ3n) is 4.23. The van der Waals surface area contributed by atoms with Crippen molar-refractivity contribution >= 4 is 5.97 Å². The monoisotopic (exact) mass is 572 g/mol. The molecule has 39 heavy (non-hydrogen) atoms. The number of hydrogen-bond acceptors (Lipinski definition) is 13. The van der Waals surface area contributed by atoms with Gasteiger partial charge in [-0.3, -0.25) is 0 Å². The summed E-state index contributed by atoms with van der Waals surface area (Å²) in [5.41, 5.74) is 0. The van der Waals surface area contributed by atoms with Gasteiger partial charge in [0.2, 0.25) is 0 Å². The van der Waals surface area contributed by atoms with Gasteiger partial charge in [0.25, 0.3) is 0 Å². The number of carbonyl (C=O) groups is 1. The summed E-state index contributed by atoms with van der Waals surface area (Å²) in [5.74, 6) is -0.456. The molecule has 0 aromatic rings. The summed E-state index contributed by atoms with van der Waals surface area (Å²) in [4.78, 5) is 10.7. The van der Waals surface area contributed by atoms with E-state index in [4.69, 9.17) is 58.0 Å². The van der Waals surface area contributed by atoms with E-state index in [0.717, 1.165) is 6.08 Å². The van der Waals surface area contributed by atoms with E-state index in [1.807, 2.05) is 6.92 Å². The number of aliphatic hydroxyl groups excluding tert-OH is 3. The molecule has 0 heterocycles. The van der Waals surface area contributed by atoms with Crippen LogP contribution in [0.5, 0.6) is 0 Å². The lowest BCUT2D eigenvalue weighted by Gasteiger charge is -2.16. The normalized spacial score (nSPS) is 13.3. The molecule has 0 saturated carbocycles. The molecule has 13 nitrogen and oxygen atoms in total. The molecule has 13 heteroatoms. The highest BCUT2D eigenvalue weighted by atomic mass is 16.6. The minimum absolute atomic E-state index is 0.0170. The van der Waals surface area contributed by atoms with Crippen LogP contribution in [0.3, 0.4) is 0 Å². The maximum Gasteiger partial charge on any atom is 0.330 e. The van der Waals surface area contributed by atoms with Crippen molar-refractivity contribution in [1.29, 1.82) is 0 Å². The predicted molar refractivity (Wildman–Crippen MR) is 143 cm³/mol. The first-order valence-electron chi connectivity index (χ1n) is 13.3. The maximum absolute atomic E-state index is 10.7. The zero-order valence-corrected chi connectivity index (χ0v) is 24.0. The first-order chi connectivity index (χ1) is 18.9. The highest BCUT2D eigenvalue weighted by Crippen LogP contribution is 1.97. The Morgan fingerprint density at radius 2 is 1.03 bits per heavy atom. The Balaban J connectivity index is 0. The van der Waals surface area contributed by atoms with E-state index in [2.05, 4.69) is 6.58 Å². The van der Waals surface area contributed by atoms with Gasteiger partial charge in [0.1, 0.15) is 6.61 Å². The fourth-order valence-corrected chi connectivity index (χ4v) is 2.23.